The number of benzene rings is 2. The topological polar surface area (TPSA) is 35.0 Å². The largest absolute Gasteiger partial charge is 0.481 e. The third-order valence-corrected chi connectivity index (χ3v) is 5.12. The second-order valence-electron chi connectivity index (χ2n) is 5.42. The highest BCUT2D eigenvalue weighted by Crippen LogP contribution is 2.46. The summed E-state index contributed by atoms with van der Waals surface area (Å²) in [4.78, 5) is 9.44. The Morgan fingerprint density at radius 3 is 2.35 bits per heavy atom. The minimum atomic E-state index is 0.288. The Labute approximate surface area is 139 Å². The normalized spacial score (nSPS) is 16.1. The highest BCUT2D eigenvalue weighted by Gasteiger charge is 2.31. The molecule has 0 amide bonds. The number of hydrogen-bond donors (Lipinski definition) is 0. The molecule has 0 fully saturated rings. The Morgan fingerprint density at radius 2 is 1.65 bits per heavy atom. The van der Waals surface area contributed by atoms with Crippen molar-refractivity contribution in [2.24, 2.45) is 0 Å². The summed E-state index contributed by atoms with van der Waals surface area (Å²) < 4.78 is 5.61. The van der Waals surface area contributed by atoms with Gasteiger partial charge in [0.15, 0.2) is 5.82 Å². The van der Waals surface area contributed by atoms with Gasteiger partial charge in [-0.2, -0.15) is 4.98 Å². The van der Waals surface area contributed by atoms with Crippen LogP contribution in [0, 0.1) is 0 Å². The second kappa shape index (κ2) is 6.05. The Morgan fingerprint density at radius 1 is 0.957 bits per heavy atom. The number of methoxy groups -OCH3 is 1. The summed E-state index contributed by atoms with van der Waals surface area (Å²) in [5.74, 6) is 2.67. The monoisotopic (exact) mass is 320 g/mol. The van der Waals surface area contributed by atoms with E-state index in [4.69, 9.17) is 9.72 Å². The summed E-state index contributed by atoms with van der Waals surface area (Å²) in [7, 11) is 1.68. The van der Waals surface area contributed by atoms with Gasteiger partial charge in [0, 0.05) is 17.2 Å². The van der Waals surface area contributed by atoms with E-state index in [9.17, 15) is 0 Å². The van der Waals surface area contributed by atoms with E-state index in [0.717, 1.165) is 27.7 Å². The molecule has 23 heavy (non-hydrogen) atoms. The highest BCUT2D eigenvalue weighted by molar-refractivity contribution is 7.99. The first-order chi connectivity index (χ1) is 11.4. The lowest BCUT2D eigenvalue weighted by atomic mass is 9.95. The molecule has 2 aromatic carbocycles. The average Bonchev–Trinajstić information content (AvgIpc) is 3.06. The molecule has 0 aliphatic carbocycles. The maximum atomic E-state index is 5.61. The van der Waals surface area contributed by atoms with Crippen LogP contribution in [0.2, 0.25) is 0 Å². The van der Waals surface area contributed by atoms with E-state index in [0.29, 0.717) is 5.88 Å². The van der Waals surface area contributed by atoms with Crippen molar-refractivity contribution in [3.05, 3.63) is 71.8 Å². The number of ether oxygens (including phenoxy) is 1. The van der Waals surface area contributed by atoms with Crippen LogP contribution in [0.1, 0.15) is 17.0 Å². The lowest BCUT2D eigenvalue weighted by molar-refractivity contribution is 0.389. The molecular formula is C19H16N2OS. The molecule has 4 heteroatoms. The van der Waals surface area contributed by atoms with Gasteiger partial charge in [0.25, 0.3) is 0 Å². The van der Waals surface area contributed by atoms with Crippen LogP contribution in [-0.4, -0.2) is 22.8 Å². The molecule has 3 aromatic rings. The Kier molecular flexibility index (Phi) is 3.75. The van der Waals surface area contributed by atoms with Crippen molar-refractivity contribution in [1.82, 2.24) is 9.97 Å². The van der Waals surface area contributed by atoms with Crippen molar-refractivity contribution < 1.29 is 4.74 Å². The third kappa shape index (κ3) is 2.59. The van der Waals surface area contributed by atoms with Crippen LogP contribution in [0.25, 0.3) is 11.4 Å². The zero-order chi connectivity index (χ0) is 15.6. The molecule has 1 aromatic heterocycles. The molecule has 1 aliphatic heterocycles. The van der Waals surface area contributed by atoms with Gasteiger partial charge in [-0.25, -0.2) is 4.98 Å². The minimum Gasteiger partial charge on any atom is -0.481 e. The van der Waals surface area contributed by atoms with Gasteiger partial charge in [-0.1, -0.05) is 60.7 Å². The van der Waals surface area contributed by atoms with Gasteiger partial charge in [0.1, 0.15) is 5.03 Å². The van der Waals surface area contributed by atoms with Crippen LogP contribution in [0.4, 0.5) is 0 Å². The Bertz CT molecular complexity index is 822. The van der Waals surface area contributed by atoms with Crippen LogP contribution in [-0.2, 0) is 0 Å². The van der Waals surface area contributed by atoms with E-state index in [2.05, 4.69) is 29.2 Å². The van der Waals surface area contributed by atoms with E-state index in [-0.39, 0.29) is 5.92 Å². The van der Waals surface area contributed by atoms with Crippen LogP contribution in [0.15, 0.2) is 65.7 Å². The van der Waals surface area contributed by atoms with E-state index < -0.39 is 0 Å². The molecule has 4 rings (SSSR count). The highest BCUT2D eigenvalue weighted by atomic mass is 32.2. The zero-order valence-corrected chi connectivity index (χ0v) is 13.6. The third-order valence-electron chi connectivity index (χ3n) is 4.04. The van der Waals surface area contributed by atoms with Crippen molar-refractivity contribution in [2.75, 3.05) is 12.9 Å². The number of thioether (sulfide) groups is 1. The maximum Gasteiger partial charge on any atom is 0.221 e. The molecule has 1 atom stereocenters. The lowest BCUT2D eigenvalue weighted by Gasteiger charge is -2.14. The maximum absolute atomic E-state index is 5.61. The first-order valence-electron chi connectivity index (χ1n) is 7.56. The van der Waals surface area contributed by atoms with Crippen molar-refractivity contribution >= 4 is 11.8 Å². The van der Waals surface area contributed by atoms with Crippen molar-refractivity contribution in [2.45, 2.75) is 10.9 Å². The van der Waals surface area contributed by atoms with Crippen molar-refractivity contribution in [3.63, 3.8) is 0 Å². The molecule has 1 aliphatic rings. The van der Waals surface area contributed by atoms with Gasteiger partial charge in [0.2, 0.25) is 5.88 Å². The zero-order valence-electron chi connectivity index (χ0n) is 12.8. The first kappa shape index (κ1) is 14.3. The number of fused-ring (bicyclic) bond motifs is 1. The lowest BCUT2D eigenvalue weighted by Crippen LogP contribution is -2.05. The molecule has 2 heterocycles. The molecule has 0 bridgehead atoms. The van der Waals surface area contributed by atoms with E-state index in [1.54, 1.807) is 18.9 Å². The van der Waals surface area contributed by atoms with Crippen LogP contribution in [0.3, 0.4) is 0 Å². The fourth-order valence-corrected chi connectivity index (χ4v) is 4.12. The molecule has 114 valence electrons. The van der Waals surface area contributed by atoms with Gasteiger partial charge in [-0.05, 0) is 5.56 Å². The summed E-state index contributed by atoms with van der Waals surface area (Å²) in [6.07, 6.45) is 0. The van der Waals surface area contributed by atoms with Gasteiger partial charge in [-0.3, -0.25) is 0 Å². The predicted octanol–water partition coefficient (Wildman–Crippen LogP) is 4.39. The van der Waals surface area contributed by atoms with Crippen molar-refractivity contribution in [1.29, 1.82) is 0 Å². The van der Waals surface area contributed by atoms with E-state index >= 15 is 0 Å². The Hall–Kier alpha value is -2.33. The fraction of sp³-hybridized carbons (Fsp3) is 0.158. The van der Waals surface area contributed by atoms with Crippen LogP contribution >= 0.6 is 11.8 Å². The molecule has 0 spiro atoms. The molecule has 0 radical (unpaired) electrons. The molecule has 0 saturated carbocycles. The van der Waals surface area contributed by atoms with Crippen LogP contribution in [0.5, 0.6) is 5.88 Å². The summed E-state index contributed by atoms with van der Waals surface area (Å²) in [5, 5.41) is 1.03. The number of rotatable bonds is 3. The van der Waals surface area contributed by atoms with Crippen molar-refractivity contribution in [3.8, 4) is 17.3 Å². The number of hydrogen-bond acceptors (Lipinski definition) is 4. The van der Waals surface area contributed by atoms with E-state index in [1.807, 2.05) is 36.4 Å². The smallest absolute Gasteiger partial charge is 0.221 e. The number of nitrogens with zero attached hydrogens (tertiary/aromatic N) is 2. The summed E-state index contributed by atoms with van der Waals surface area (Å²) in [6.45, 7) is 0. The standard InChI is InChI=1S/C19H16N2OS/c1-22-18-16-15(13-8-4-2-5-9-13)12-23-19(16)21-17(20-18)14-10-6-3-7-11-14/h2-11,15H,12H2,1H3. The summed E-state index contributed by atoms with van der Waals surface area (Å²) in [6, 6.07) is 20.5. The second-order valence-corrected chi connectivity index (χ2v) is 6.42. The summed E-state index contributed by atoms with van der Waals surface area (Å²) >= 11 is 1.78. The van der Waals surface area contributed by atoms with Gasteiger partial charge < -0.3 is 4.74 Å². The van der Waals surface area contributed by atoms with Gasteiger partial charge >= 0.3 is 0 Å². The average molecular weight is 320 g/mol. The van der Waals surface area contributed by atoms with Gasteiger partial charge in [-0.15, -0.1) is 11.8 Å². The Balaban J connectivity index is 1.82. The fourth-order valence-electron chi connectivity index (χ4n) is 2.90. The quantitative estimate of drug-likeness (QED) is 0.670. The predicted molar refractivity (Wildman–Crippen MR) is 93.0 cm³/mol. The molecular weight excluding hydrogens is 304 g/mol. The van der Waals surface area contributed by atoms with E-state index in [1.165, 1.54) is 5.56 Å². The molecule has 1 unspecified atom stereocenters. The van der Waals surface area contributed by atoms with Crippen LogP contribution < -0.4 is 4.74 Å². The first-order valence-corrected chi connectivity index (χ1v) is 8.54. The molecule has 0 saturated heterocycles. The number of aromatic nitrogens is 2. The molecule has 3 nitrogen and oxygen atoms in total. The van der Waals surface area contributed by atoms with Gasteiger partial charge in [0.05, 0.1) is 12.7 Å². The summed E-state index contributed by atoms with van der Waals surface area (Å²) in [5.41, 5.74) is 3.41. The minimum absolute atomic E-state index is 0.288. The SMILES string of the molecule is COc1nc(-c2ccccc2)nc2c1C(c1ccccc1)CS2. The molecule has 0 N–H and O–H groups in total.